The third-order valence-corrected chi connectivity index (χ3v) is 1.00. The number of nitrogens with zero attached hydrogens (tertiary/aromatic N) is 2. The second-order valence-corrected chi connectivity index (χ2v) is 1.78. The van der Waals surface area contributed by atoms with E-state index in [0.29, 0.717) is 11.3 Å². The fourth-order valence-corrected chi connectivity index (χ4v) is 0.403. The van der Waals surface area contributed by atoms with Crippen molar-refractivity contribution in [2.24, 2.45) is 5.18 Å². The van der Waals surface area contributed by atoms with E-state index in [4.69, 9.17) is 5.26 Å². The van der Waals surface area contributed by atoms with Crippen molar-refractivity contribution in [3.63, 3.8) is 0 Å². The third-order valence-electron chi connectivity index (χ3n) is 1.00. The second-order valence-electron chi connectivity index (χ2n) is 1.78. The molecule has 0 saturated heterocycles. The average molecular weight is 148 g/mol. The number of hydrogen-bond donors (Lipinski definition) is 0. The zero-order valence-electron chi connectivity index (χ0n) is 6.24. The number of rotatable bonds is 3. The molecule has 0 aliphatic rings. The largest absolute Gasteiger partial charge is 0.192 e. The van der Waals surface area contributed by atoms with Crippen LogP contribution in [0, 0.1) is 16.2 Å². The first-order chi connectivity index (χ1) is 5.24. The number of nitriles is 1. The smallest absolute Gasteiger partial charge is 0.103 e. The van der Waals surface area contributed by atoms with Crippen LogP contribution in [0.3, 0.4) is 0 Å². The number of hydrogen-bond acceptors (Lipinski definition) is 3. The molecule has 3 heteroatoms. The van der Waals surface area contributed by atoms with Gasteiger partial charge in [-0.1, -0.05) is 12.7 Å². The second kappa shape index (κ2) is 5.12. The van der Waals surface area contributed by atoms with Crippen LogP contribution in [0.25, 0.3) is 0 Å². The molecule has 0 unspecified atom stereocenters. The summed E-state index contributed by atoms with van der Waals surface area (Å²) in [4.78, 5) is 9.95. The highest BCUT2D eigenvalue weighted by Crippen LogP contribution is 2.00. The van der Waals surface area contributed by atoms with Crippen LogP contribution >= 0.6 is 0 Å². The van der Waals surface area contributed by atoms with Crippen LogP contribution in [-0.2, 0) is 0 Å². The van der Waals surface area contributed by atoms with E-state index in [1.165, 1.54) is 12.2 Å². The van der Waals surface area contributed by atoms with Gasteiger partial charge in [0.25, 0.3) is 0 Å². The highest BCUT2D eigenvalue weighted by molar-refractivity contribution is 5.33. The predicted molar refractivity (Wildman–Crippen MR) is 43.4 cm³/mol. The standard InChI is InChI=1S/C8H8N2O/c1-3-8(10-11)5-4-7(2)6-9/h3-5H,2H2,1H3/b5-4-,8-3+. The monoisotopic (exact) mass is 148 g/mol. The molecule has 0 N–H and O–H groups in total. The van der Waals surface area contributed by atoms with Crippen LogP contribution in [0.1, 0.15) is 6.92 Å². The van der Waals surface area contributed by atoms with Gasteiger partial charge in [-0.05, 0) is 24.3 Å². The minimum Gasteiger partial charge on any atom is -0.192 e. The lowest BCUT2D eigenvalue weighted by Gasteiger charge is -1.83. The lowest BCUT2D eigenvalue weighted by molar-refractivity contribution is 1.36. The van der Waals surface area contributed by atoms with Gasteiger partial charge in [0.1, 0.15) is 5.70 Å². The first-order valence-electron chi connectivity index (χ1n) is 3.01. The quantitative estimate of drug-likeness (QED) is 0.350. The van der Waals surface area contributed by atoms with E-state index in [2.05, 4.69) is 11.8 Å². The Bertz CT molecular complexity index is 256. The van der Waals surface area contributed by atoms with E-state index in [1.807, 2.05) is 6.07 Å². The van der Waals surface area contributed by atoms with Gasteiger partial charge in [0.05, 0.1) is 6.07 Å². The maximum atomic E-state index is 9.95. The lowest BCUT2D eigenvalue weighted by atomic mass is 10.3. The summed E-state index contributed by atoms with van der Waals surface area (Å²) in [5, 5.41) is 11.0. The minimum absolute atomic E-state index is 0.293. The molecule has 0 saturated carbocycles. The van der Waals surface area contributed by atoms with Crippen molar-refractivity contribution in [1.29, 1.82) is 5.26 Å². The Hall–Kier alpha value is -1.69. The van der Waals surface area contributed by atoms with Crippen LogP contribution in [0.2, 0.25) is 0 Å². The Balaban J connectivity index is 4.25. The van der Waals surface area contributed by atoms with Gasteiger partial charge in [-0.3, -0.25) is 0 Å². The van der Waals surface area contributed by atoms with Crippen molar-refractivity contribution in [3.05, 3.63) is 41.0 Å². The van der Waals surface area contributed by atoms with E-state index in [9.17, 15) is 4.91 Å². The van der Waals surface area contributed by atoms with Gasteiger partial charge in [0.2, 0.25) is 0 Å². The van der Waals surface area contributed by atoms with Crippen molar-refractivity contribution in [3.8, 4) is 6.07 Å². The zero-order valence-corrected chi connectivity index (χ0v) is 6.24. The molecule has 0 aromatic rings. The van der Waals surface area contributed by atoms with Crippen molar-refractivity contribution in [2.45, 2.75) is 6.92 Å². The van der Waals surface area contributed by atoms with E-state index in [-0.39, 0.29) is 0 Å². The first-order valence-corrected chi connectivity index (χ1v) is 3.01. The topological polar surface area (TPSA) is 53.2 Å². The summed E-state index contributed by atoms with van der Waals surface area (Å²) in [5.41, 5.74) is 0.592. The molecule has 0 bridgehead atoms. The molecule has 0 atom stereocenters. The van der Waals surface area contributed by atoms with Crippen molar-refractivity contribution >= 4 is 0 Å². The molecule has 0 aromatic carbocycles. The lowest BCUT2D eigenvalue weighted by Crippen LogP contribution is -1.69. The number of allylic oxidation sites excluding steroid dienone is 4. The Morgan fingerprint density at radius 1 is 1.64 bits per heavy atom. The summed E-state index contributed by atoms with van der Waals surface area (Å²) in [6.07, 6.45) is 4.43. The van der Waals surface area contributed by atoms with Gasteiger partial charge >= 0.3 is 0 Å². The molecular formula is C8H8N2O. The van der Waals surface area contributed by atoms with Crippen LogP contribution < -0.4 is 0 Å². The molecular weight excluding hydrogens is 140 g/mol. The Morgan fingerprint density at radius 3 is 2.64 bits per heavy atom. The molecule has 0 amide bonds. The summed E-state index contributed by atoms with van der Waals surface area (Å²) in [7, 11) is 0. The van der Waals surface area contributed by atoms with E-state index < -0.39 is 0 Å². The third kappa shape index (κ3) is 3.82. The first kappa shape index (κ1) is 9.31. The minimum atomic E-state index is 0.293. The molecule has 0 aromatic heterocycles. The maximum absolute atomic E-state index is 9.95. The summed E-state index contributed by atoms with van der Waals surface area (Å²) in [5.74, 6) is 0. The van der Waals surface area contributed by atoms with Crippen LogP contribution in [0.15, 0.2) is 41.3 Å². The fourth-order valence-electron chi connectivity index (χ4n) is 0.403. The molecule has 0 aliphatic carbocycles. The van der Waals surface area contributed by atoms with E-state index >= 15 is 0 Å². The molecule has 0 spiro atoms. The SMILES string of the molecule is C=C(C#N)/C=C\C(=C/C)N=O. The van der Waals surface area contributed by atoms with Gasteiger partial charge in [0, 0.05) is 5.57 Å². The highest BCUT2D eigenvalue weighted by atomic mass is 16.3. The van der Waals surface area contributed by atoms with E-state index in [1.54, 1.807) is 13.0 Å². The maximum Gasteiger partial charge on any atom is 0.103 e. The van der Waals surface area contributed by atoms with Crippen molar-refractivity contribution < 1.29 is 0 Å². The molecule has 0 fully saturated rings. The molecule has 3 nitrogen and oxygen atoms in total. The summed E-state index contributed by atoms with van der Waals surface area (Å²) in [6.45, 7) is 5.09. The Morgan fingerprint density at radius 2 is 2.27 bits per heavy atom. The normalized spacial score (nSPS) is 11.1. The Labute approximate surface area is 65.3 Å². The van der Waals surface area contributed by atoms with E-state index in [0.717, 1.165) is 0 Å². The molecule has 0 aliphatic heterocycles. The van der Waals surface area contributed by atoms with Crippen LogP contribution in [-0.4, -0.2) is 0 Å². The molecule has 0 rings (SSSR count). The number of nitroso groups, excluding NO2 is 1. The fraction of sp³-hybridized carbons (Fsp3) is 0.125. The average Bonchev–Trinajstić information content (AvgIpc) is 2.06. The van der Waals surface area contributed by atoms with Gasteiger partial charge in [-0.25, -0.2) is 0 Å². The van der Waals surface area contributed by atoms with Crippen molar-refractivity contribution in [1.82, 2.24) is 0 Å². The summed E-state index contributed by atoms with van der Waals surface area (Å²) < 4.78 is 0. The molecule has 56 valence electrons. The highest BCUT2D eigenvalue weighted by Gasteiger charge is 1.86. The van der Waals surface area contributed by atoms with Gasteiger partial charge in [-0.15, -0.1) is 4.91 Å². The molecule has 11 heavy (non-hydrogen) atoms. The van der Waals surface area contributed by atoms with Gasteiger partial charge < -0.3 is 0 Å². The van der Waals surface area contributed by atoms with Crippen LogP contribution in [0.4, 0.5) is 0 Å². The predicted octanol–water partition coefficient (Wildman–Crippen LogP) is 2.29. The van der Waals surface area contributed by atoms with Gasteiger partial charge in [0.15, 0.2) is 0 Å². The summed E-state index contributed by atoms with van der Waals surface area (Å²) in [6, 6.07) is 1.82. The van der Waals surface area contributed by atoms with Crippen LogP contribution in [0.5, 0.6) is 0 Å². The molecule has 0 radical (unpaired) electrons. The summed E-state index contributed by atoms with van der Waals surface area (Å²) >= 11 is 0. The van der Waals surface area contributed by atoms with Gasteiger partial charge in [-0.2, -0.15) is 5.26 Å². The Kier molecular flexibility index (Phi) is 4.34. The molecule has 0 heterocycles. The van der Waals surface area contributed by atoms with Crippen molar-refractivity contribution in [2.75, 3.05) is 0 Å². The zero-order chi connectivity index (χ0) is 8.69.